The molecule has 4 aliphatic rings. The van der Waals surface area contributed by atoms with Crippen molar-refractivity contribution in [2.45, 2.75) is 45.1 Å². The van der Waals surface area contributed by atoms with Crippen molar-refractivity contribution in [2.75, 3.05) is 6.54 Å². The minimum atomic E-state index is -0.521. The normalized spacial score (nSPS) is 31.2. The highest BCUT2D eigenvalue weighted by molar-refractivity contribution is 5.90. The summed E-state index contributed by atoms with van der Waals surface area (Å²) in [5.41, 5.74) is 4.31. The van der Waals surface area contributed by atoms with Gasteiger partial charge in [-0.15, -0.1) is 0 Å². The van der Waals surface area contributed by atoms with Crippen molar-refractivity contribution < 1.29 is 10.0 Å². The highest BCUT2D eigenvalue weighted by Crippen LogP contribution is 2.60. The molecule has 4 bridgehead atoms. The fourth-order valence-electron chi connectivity index (χ4n) is 6.28. The Hall–Kier alpha value is -2.07. The van der Waals surface area contributed by atoms with Gasteiger partial charge in [-0.25, -0.2) is 5.48 Å². The molecular weight excluding hydrogens is 336 g/mol. The van der Waals surface area contributed by atoms with Crippen LogP contribution < -0.4 is 5.48 Å². The summed E-state index contributed by atoms with van der Waals surface area (Å²) in [4.78, 5) is 13.5. The van der Waals surface area contributed by atoms with Crippen LogP contribution in [0.25, 0.3) is 6.08 Å². The quantitative estimate of drug-likeness (QED) is 0.428. The first-order valence-corrected chi connectivity index (χ1v) is 10.2. The van der Waals surface area contributed by atoms with E-state index >= 15 is 0 Å². The molecule has 0 radical (unpaired) electrons. The predicted molar refractivity (Wildman–Crippen MR) is 107 cm³/mol. The van der Waals surface area contributed by atoms with Gasteiger partial charge in [-0.05, 0) is 85.1 Å². The van der Waals surface area contributed by atoms with Crippen molar-refractivity contribution >= 4 is 12.0 Å². The molecule has 0 aliphatic heterocycles. The van der Waals surface area contributed by atoms with Crippen LogP contribution in [0, 0.1) is 23.2 Å². The molecule has 0 spiro atoms. The standard InChI is InChI=1S/C23H30N2O2/c1-2-25(15-18-5-3-17(4-6-18)7-8-22(26)24-27)16-23-12-19-9-20(13-23)11-21(10-19)14-23/h2-8,19-21,27H,1,9-16H2,(H,24,26)/b8-7+. The Bertz CT molecular complexity index is 687. The van der Waals surface area contributed by atoms with E-state index in [9.17, 15) is 4.79 Å². The van der Waals surface area contributed by atoms with Crippen molar-refractivity contribution in [1.29, 1.82) is 0 Å². The maximum absolute atomic E-state index is 11.1. The van der Waals surface area contributed by atoms with Crippen LogP contribution >= 0.6 is 0 Å². The number of hydrogen-bond donors (Lipinski definition) is 2. The van der Waals surface area contributed by atoms with Gasteiger partial charge in [0.1, 0.15) is 0 Å². The van der Waals surface area contributed by atoms with E-state index < -0.39 is 5.91 Å². The van der Waals surface area contributed by atoms with Gasteiger partial charge in [-0.2, -0.15) is 0 Å². The Morgan fingerprint density at radius 1 is 1.15 bits per heavy atom. The molecule has 27 heavy (non-hydrogen) atoms. The first-order valence-electron chi connectivity index (χ1n) is 10.2. The zero-order chi connectivity index (χ0) is 18.9. The molecular formula is C23H30N2O2. The summed E-state index contributed by atoms with van der Waals surface area (Å²) >= 11 is 0. The van der Waals surface area contributed by atoms with Crippen molar-refractivity contribution in [3.05, 3.63) is 54.2 Å². The number of hydroxylamine groups is 1. The van der Waals surface area contributed by atoms with Gasteiger partial charge in [0.2, 0.25) is 0 Å². The number of hydrogen-bond acceptors (Lipinski definition) is 3. The molecule has 0 aromatic heterocycles. The van der Waals surface area contributed by atoms with Crippen LogP contribution in [0.3, 0.4) is 0 Å². The number of nitrogens with one attached hydrogen (secondary N) is 1. The zero-order valence-electron chi connectivity index (χ0n) is 15.9. The van der Waals surface area contributed by atoms with Gasteiger partial charge in [0, 0.05) is 19.2 Å². The number of benzene rings is 1. The van der Waals surface area contributed by atoms with E-state index in [-0.39, 0.29) is 0 Å². The Morgan fingerprint density at radius 2 is 1.74 bits per heavy atom. The van der Waals surface area contributed by atoms with Crippen LogP contribution in [0.5, 0.6) is 0 Å². The lowest BCUT2D eigenvalue weighted by Crippen LogP contribution is -2.50. The molecule has 2 N–H and O–H groups in total. The Kier molecular flexibility index (Phi) is 5.09. The summed E-state index contributed by atoms with van der Waals surface area (Å²) in [5, 5.41) is 8.53. The third-order valence-electron chi connectivity index (χ3n) is 6.86. The van der Waals surface area contributed by atoms with Crippen LogP contribution in [-0.4, -0.2) is 22.6 Å². The van der Waals surface area contributed by atoms with Crippen LogP contribution in [-0.2, 0) is 11.3 Å². The van der Waals surface area contributed by atoms with E-state index in [1.54, 1.807) is 11.6 Å². The minimum Gasteiger partial charge on any atom is -0.373 e. The molecule has 0 unspecified atom stereocenters. The first kappa shape index (κ1) is 18.3. The molecule has 0 atom stereocenters. The van der Waals surface area contributed by atoms with E-state index in [1.807, 2.05) is 18.3 Å². The molecule has 144 valence electrons. The van der Waals surface area contributed by atoms with Crippen molar-refractivity contribution in [1.82, 2.24) is 10.4 Å². The molecule has 0 heterocycles. The van der Waals surface area contributed by atoms with E-state index in [2.05, 4.69) is 23.6 Å². The smallest absolute Gasteiger partial charge is 0.267 e. The van der Waals surface area contributed by atoms with Gasteiger partial charge in [-0.3, -0.25) is 10.0 Å². The maximum Gasteiger partial charge on any atom is 0.267 e. The van der Waals surface area contributed by atoms with E-state index in [4.69, 9.17) is 5.21 Å². The van der Waals surface area contributed by atoms with E-state index in [1.165, 1.54) is 50.2 Å². The largest absolute Gasteiger partial charge is 0.373 e. The summed E-state index contributed by atoms with van der Waals surface area (Å²) in [5.74, 6) is 2.41. The monoisotopic (exact) mass is 366 g/mol. The number of carbonyl (C=O) groups excluding carboxylic acids is 1. The van der Waals surface area contributed by atoms with Crippen molar-refractivity contribution in [3.63, 3.8) is 0 Å². The molecule has 4 heteroatoms. The summed E-state index contributed by atoms with van der Waals surface area (Å²) in [7, 11) is 0. The van der Waals surface area contributed by atoms with Crippen LogP contribution in [0.4, 0.5) is 0 Å². The minimum absolute atomic E-state index is 0.517. The molecule has 1 aromatic rings. The van der Waals surface area contributed by atoms with Crippen molar-refractivity contribution in [2.24, 2.45) is 23.2 Å². The van der Waals surface area contributed by atoms with Gasteiger partial charge in [0.05, 0.1) is 0 Å². The highest BCUT2D eigenvalue weighted by atomic mass is 16.5. The Balaban J connectivity index is 1.38. The van der Waals surface area contributed by atoms with Gasteiger partial charge in [0.25, 0.3) is 5.91 Å². The second-order valence-corrected chi connectivity index (χ2v) is 9.06. The summed E-state index contributed by atoms with van der Waals surface area (Å²) in [6, 6.07) is 8.21. The first-order chi connectivity index (χ1) is 13.1. The lowest BCUT2D eigenvalue weighted by atomic mass is 9.49. The molecule has 4 nitrogen and oxygen atoms in total. The fourth-order valence-corrected chi connectivity index (χ4v) is 6.28. The van der Waals surface area contributed by atoms with Crippen LogP contribution in [0.15, 0.2) is 43.1 Å². The average Bonchev–Trinajstić information content (AvgIpc) is 2.65. The van der Waals surface area contributed by atoms with Gasteiger partial charge in [0.15, 0.2) is 0 Å². The average molecular weight is 367 g/mol. The lowest BCUT2D eigenvalue weighted by Gasteiger charge is -2.57. The molecule has 1 aromatic carbocycles. The lowest BCUT2D eigenvalue weighted by molar-refractivity contribution is -0.124. The van der Waals surface area contributed by atoms with Crippen LogP contribution in [0.1, 0.15) is 49.7 Å². The van der Waals surface area contributed by atoms with Gasteiger partial charge in [-0.1, -0.05) is 30.8 Å². The molecule has 5 rings (SSSR count). The topological polar surface area (TPSA) is 52.6 Å². The number of rotatable bonds is 7. The molecule has 4 saturated carbocycles. The second-order valence-electron chi connectivity index (χ2n) is 9.06. The van der Waals surface area contributed by atoms with Gasteiger partial charge >= 0.3 is 0 Å². The highest BCUT2D eigenvalue weighted by Gasteiger charge is 2.51. The predicted octanol–water partition coefficient (Wildman–Crippen LogP) is 4.37. The molecule has 0 saturated heterocycles. The SMILES string of the molecule is C=CN(Cc1ccc(/C=C/C(=O)NO)cc1)CC12CC3CC(CC(C3)C1)C2. The molecule has 4 aliphatic carbocycles. The zero-order valence-corrected chi connectivity index (χ0v) is 15.9. The summed E-state index contributed by atoms with van der Waals surface area (Å²) < 4.78 is 0. The number of carbonyl (C=O) groups is 1. The molecule has 1 amide bonds. The second kappa shape index (κ2) is 7.51. The fraction of sp³-hybridized carbons (Fsp3) is 0.522. The third-order valence-corrected chi connectivity index (χ3v) is 6.86. The number of amides is 1. The summed E-state index contributed by atoms with van der Waals surface area (Å²) in [6.45, 7) is 6.10. The van der Waals surface area contributed by atoms with E-state index in [0.29, 0.717) is 5.41 Å². The number of nitrogens with zero attached hydrogens (tertiary/aromatic N) is 1. The Morgan fingerprint density at radius 3 is 2.26 bits per heavy atom. The summed E-state index contributed by atoms with van der Waals surface area (Å²) in [6.07, 6.45) is 13.7. The van der Waals surface area contributed by atoms with Crippen molar-refractivity contribution in [3.8, 4) is 0 Å². The molecule has 4 fully saturated rings. The third kappa shape index (κ3) is 4.11. The Labute approximate surface area is 161 Å². The van der Waals surface area contributed by atoms with Gasteiger partial charge < -0.3 is 4.90 Å². The van der Waals surface area contributed by atoms with E-state index in [0.717, 1.165) is 36.4 Å². The maximum atomic E-state index is 11.1. The van der Waals surface area contributed by atoms with Crippen LogP contribution in [0.2, 0.25) is 0 Å².